The lowest BCUT2D eigenvalue weighted by Crippen LogP contribution is -2.58. The number of aliphatic carboxylic acids is 1. The van der Waals surface area contributed by atoms with E-state index in [1.54, 1.807) is 25.1 Å². The molecule has 0 bridgehead atoms. The lowest BCUT2D eigenvalue weighted by atomic mass is 9.79. The topological polar surface area (TPSA) is 56.3 Å². The minimum Gasteiger partial charge on any atom is -0.489 e. The van der Waals surface area contributed by atoms with E-state index in [0.717, 1.165) is 16.9 Å². The number of ether oxygens (including phenoxy) is 1. The van der Waals surface area contributed by atoms with Gasteiger partial charge in [0.1, 0.15) is 24.0 Å². The van der Waals surface area contributed by atoms with Crippen molar-refractivity contribution in [1.82, 2.24) is 9.80 Å². The molecule has 1 N–H and O–H groups in total. The number of carbonyl (C=O) groups is 1. The van der Waals surface area contributed by atoms with E-state index in [2.05, 4.69) is 0 Å². The molecule has 1 unspecified atom stereocenters. The monoisotopic (exact) mass is 615 g/mol. The van der Waals surface area contributed by atoms with Crippen LogP contribution in [0.3, 0.4) is 0 Å². The van der Waals surface area contributed by atoms with Crippen LogP contribution < -0.4 is 9.64 Å². The van der Waals surface area contributed by atoms with E-state index in [1.165, 1.54) is 12.1 Å². The van der Waals surface area contributed by atoms with Gasteiger partial charge in [0, 0.05) is 48.9 Å². The fourth-order valence-electron chi connectivity index (χ4n) is 7.13. The molecule has 6 nitrogen and oxygen atoms in total. The zero-order chi connectivity index (χ0) is 31.2. The second kappa shape index (κ2) is 11.7. The van der Waals surface area contributed by atoms with Gasteiger partial charge in [-0.25, -0.2) is 8.78 Å². The summed E-state index contributed by atoms with van der Waals surface area (Å²) in [7, 11) is 0. The fraction of sp³-hybridized carbons (Fsp3) is 0.424. The molecular formula is C33H34F5N3O3. The van der Waals surface area contributed by atoms with Crippen LogP contribution in [0, 0.1) is 17.0 Å². The highest BCUT2D eigenvalue weighted by Gasteiger charge is 2.48. The Morgan fingerprint density at radius 2 is 1.73 bits per heavy atom. The number of nitrogens with zero attached hydrogens (tertiary/aromatic N) is 3. The Morgan fingerprint density at radius 3 is 2.39 bits per heavy atom. The van der Waals surface area contributed by atoms with Gasteiger partial charge in [-0.2, -0.15) is 13.2 Å². The third-order valence-corrected chi connectivity index (χ3v) is 9.05. The zero-order valence-corrected chi connectivity index (χ0v) is 24.3. The zero-order valence-electron chi connectivity index (χ0n) is 24.3. The van der Waals surface area contributed by atoms with Crippen LogP contribution in [0.5, 0.6) is 5.75 Å². The Hall–Kier alpha value is -3.70. The van der Waals surface area contributed by atoms with E-state index in [0.29, 0.717) is 55.3 Å². The van der Waals surface area contributed by atoms with Crippen LogP contribution in [0.1, 0.15) is 41.6 Å². The molecule has 2 fully saturated rings. The van der Waals surface area contributed by atoms with Crippen LogP contribution in [0.2, 0.25) is 0 Å². The highest BCUT2D eigenvalue weighted by molar-refractivity contribution is 5.69. The lowest BCUT2D eigenvalue weighted by Gasteiger charge is -2.47. The van der Waals surface area contributed by atoms with Crippen molar-refractivity contribution in [2.75, 3.05) is 44.2 Å². The van der Waals surface area contributed by atoms with Gasteiger partial charge in [0.25, 0.3) is 0 Å². The van der Waals surface area contributed by atoms with E-state index in [9.17, 15) is 18.0 Å². The van der Waals surface area contributed by atoms with Crippen LogP contribution in [-0.4, -0.2) is 72.4 Å². The summed E-state index contributed by atoms with van der Waals surface area (Å²) < 4.78 is 79.3. The minimum absolute atomic E-state index is 0.0456. The van der Waals surface area contributed by atoms with Crippen LogP contribution >= 0.6 is 0 Å². The molecule has 3 heterocycles. The predicted molar refractivity (Wildman–Crippen MR) is 155 cm³/mol. The van der Waals surface area contributed by atoms with Gasteiger partial charge in [0.2, 0.25) is 0 Å². The van der Waals surface area contributed by atoms with Crippen LogP contribution in [0.4, 0.5) is 27.6 Å². The largest absolute Gasteiger partial charge is 0.489 e. The quantitative estimate of drug-likeness (QED) is 0.312. The molecule has 3 aliphatic heterocycles. The fourth-order valence-corrected chi connectivity index (χ4v) is 7.13. The van der Waals surface area contributed by atoms with E-state index >= 15 is 8.78 Å². The summed E-state index contributed by atoms with van der Waals surface area (Å²) >= 11 is 0. The van der Waals surface area contributed by atoms with Gasteiger partial charge >= 0.3 is 12.1 Å². The molecule has 0 aliphatic carbocycles. The number of alkyl halides is 3. The van der Waals surface area contributed by atoms with Gasteiger partial charge in [-0.3, -0.25) is 14.6 Å². The number of carboxylic acids is 1. The van der Waals surface area contributed by atoms with Gasteiger partial charge in [0.15, 0.2) is 0 Å². The highest BCUT2D eigenvalue weighted by Crippen LogP contribution is 2.45. The van der Waals surface area contributed by atoms with Gasteiger partial charge in [-0.1, -0.05) is 36.4 Å². The average molecular weight is 616 g/mol. The van der Waals surface area contributed by atoms with Gasteiger partial charge in [-0.15, -0.1) is 0 Å². The summed E-state index contributed by atoms with van der Waals surface area (Å²) in [6.07, 6.45) is -3.55. The lowest BCUT2D eigenvalue weighted by molar-refractivity contribution is -0.155. The third-order valence-electron chi connectivity index (χ3n) is 9.05. The first-order chi connectivity index (χ1) is 20.9. The molecule has 0 aromatic heterocycles. The molecule has 3 aromatic rings. The summed E-state index contributed by atoms with van der Waals surface area (Å²) in [6, 6.07) is 15.0. The molecule has 1 spiro atoms. The second-order valence-electron chi connectivity index (χ2n) is 12.4. The number of rotatable bonds is 8. The summed E-state index contributed by atoms with van der Waals surface area (Å²) in [5.41, 5.74) is 1.84. The summed E-state index contributed by atoms with van der Waals surface area (Å²) in [6.45, 7) is 2.85. The van der Waals surface area contributed by atoms with Crippen molar-refractivity contribution in [1.29, 1.82) is 0 Å². The van der Waals surface area contributed by atoms with Crippen LogP contribution in [0.15, 0.2) is 60.7 Å². The van der Waals surface area contributed by atoms with Crippen molar-refractivity contribution < 1.29 is 36.6 Å². The number of fused-ring (bicyclic) bond motifs is 1. The molecule has 3 aliphatic rings. The standard InChI is InChI=1S/C33H34F5N3O3/c1-21-11-23-12-25(44-16-22-5-3-2-4-6-22)7-8-26(23)31(41(21)20-33(36,37)38)30-27(34)13-24(14-28(30)35)40-10-9-32(19-40)17-39(18-32)15-29(42)43/h2-8,12-14,21,31H,9-11,15-20H2,1H3,(H,42,43)/t21-,31?/m1/s1. The molecule has 234 valence electrons. The summed E-state index contributed by atoms with van der Waals surface area (Å²) in [5, 5.41) is 9.04. The Labute approximate surface area is 252 Å². The van der Waals surface area contributed by atoms with Crippen molar-refractivity contribution in [3.63, 3.8) is 0 Å². The average Bonchev–Trinajstić information content (AvgIpc) is 3.38. The summed E-state index contributed by atoms with van der Waals surface area (Å²) in [4.78, 5) is 15.8. The first-order valence-electron chi connectivity index (χ1n) is 14.7. The number of hydrogen-bond acceptors (Lipinski definition) is 5. The van der Waals surface area contributed by atoms with Crippen molar-refractivity contribution in [2.45, 2.75) is 44.6 Å². The van der Waals surface area contributed by atoms with Gasteiger partial charge in [-0.05, 0) is 60.7 Å². The molecular weight excluding hydrogens is 581 g/mol. The predicted octanol–water partition coefficient (Wildman–Crippen LogP) is 6.04. The Bertz CT molecular complexity index is 1500. The SMILES string of the molecule is C[C@@H]1Cc2cc(OCc3ccccc3)ccc2C(c2c(F)cc(N3CCC4(CN(CC(=O)O)C4)C3)cc2F)N1CC(F)(F)F. The smallest absolute Gasteiger partial charge is 0.401 e. The van der Waals surface area contributed by atoms with Crippen molar-refractivity contribution in [2.24, 2.45) is 5.41 Å². The highest BCUT2D eigenvalue weighted by atomic mass is 19.4. The number of likely N-dealkylation sites (tertiary alicyclic amines) is 1. The molecule has 0 amide bonds. The maximum Gasteiger partial charge on any atom is 0.401 e. The molecule has 6 rings (SSSR count). The molecule has 11 heteroatoms. The number of anilines is 1. The molecule has 2 saturated heterocycles. The second-order valence-corrected chi connectivity index (χ2v) is 12.4. The molecule has 0 saturated carbocycles. The first-order valence-corrected chi connectivity index (χ1v) is 14.7. The van der Waals surface area contributed by atoms with E-state index in [4.69, 9.17) is 9.84 Å². The maximum atomic E-state index is 16.0. The number of halogens is 5. The van der Waals surface area contributed by atoms with Gasteiger partial charge in [0.05, 0.1) is 19.1 Å². The normalized spacial score (nSPS) is 21.7. The van der Waals surface area contributed by atoms with E-state index in [-0.39, 0.29) is 18.4 Å². The number of hydrogen-bond donors (Lipinski definition) is 1. The number of benzene rings is 3. The van der Waals surface area contributed by atoms with Crippen LogP contribution in [-0.2, 0) is 17.8 Å². The molecule has 2 atom stereocenters. The first kappa shape index (κ1) is 30.3. The van der Waals surface area contributed by atoms with E-state index in [1.807, 2.05) is 40.1 Å². The summed E-state index contributed by atoms with van der Waals surface area (Å²) in [5.74, 6) is -2.17. The Morgan fingerprint density at radius 1 is 1.02 bits per heavy atom. The molecule has 44 heavy (non-hydrogen) atoms. The van der Waals surface area contributed by atoms with Gasteiger partial charge < -0.3 is 14.7 Å². The van der Waals surface area contributed by atoms with E-state index < -0.39 is 48.0 Å². The Kier molecular flexibility index (Phi) is 8.04. The van der Waals surface area contributed by atoms with Crippen molar-refractivity contribution >= 4 is 11.7 Å². The Balaban J connectivity index is 1.28. The molecule has 0 radical (unpaired) electrons. The van der Waals surface area contributed by atoms with Crippen LogP contribution in [0.25, 0.3) is 0 Å². The van der Waals surface area contributed by atoms with Crippen molar-refractivity contribution in [3.05, 3.63) is 94.6 Å². The maximum absolute atomic E-state index is 16.0. The molecule has 3 aromatic carbocycles. The third kappa shape index (κ3) is 6.25. The van der Waals surface area contributed by atoms with Crippen molar-refractivity contribution in [3.8, 4) is 5.75 Å². The number of carboxylic acid groups (broad SMARTS) is 1. The minimum atomic E-state index is -4.57.